The second-order valence-corrected chi connectivity index (χ2v) is 7.31. The summed E-state index contributed by atoms with van der Waals surface area (Å²) in [4.78, 5) is 23.8. The smallest absolute Gasteiger partial charge is 0.262 e. The van der Waals surface area contributed by atoms with Gasteiger partial charge in [0.05, 0.1) is 11.2 Å². The highest BCUT2D eigenvalue weighted by Gasteiger charge is 2.15. The van der Waals surface area contributed by atoms with Crippen LogP contribution < -0.4 is 20.3 Å². The number of hydrogen-bond donors (Lipinski definition) is 2. The molecule has 4 rings (SSSR count). The normalized spacial score (nSPS) is 14.1. The van der Waals surface area contributed by atoms with Gasteiger partial charge < -0.3 is 20.3 Å². The number of carbonyl (C=O) groups excluding carboxylic acids is 1. The van der Waals surface area contributed by atoms with E-state index in [1.807, 2.05) is 25.1 Å². The van der Waals surface area contributed by atoms with Crippen LogP contribution in [0.3, 0.4) is 0 Å². The molecule has 2 aromatic carbocycles. The van der Waals surface area contributed by atoms with Gasteiger partial charge in [-0.25, -0.2) is 9.97 Å². The van der Waals surface area contributed by atoms with Crippen LogP contribution >= 0.6 is 11.6 Å². The number of piperazine rings is 1. The summed E-state index contributed by atoms with van der Waals surface area (Å²) in [6, 6.07) is 12.5. The molecular weight excluding hydrogens is 390 g/mol. The molecule has 2 N–H and O–H groups in total. The van der Waals surface area contributed by atoms with Crippen molar-refractivity contribution in [3.63, 3.8) is 0 Å². The minimum atomic E-state index is -0.240. The average molecular weight is 412 g/mol. The number of amides is 1. The van der Waals surface area contributed by atoms with Crippen molar-refractivity contribution in [2.24, 2.45) is 0 Å². The zero-order valence-corrected chi connectivity index (χ0v) is 16.9. The van der Waals surface area contributed by atoms with E-state index in [2.05, 4.69) is 20.5 Å². The molecular formula is C21H22ClN5O2. The first-order valence-corrected chi connectivity index (χ1v) is 9.88. The summed E-state index contributed by atoms with van der Waals surface area (Å²) >= 11 is 5.85. The SMILES string of the molecule is Cc1nc(N2CCNCC2)nc2ccc(NC(=O)COc3ccc(Cl)cc3)cc12. The van der Waals surface area contributed by atoms with E-state index >= 15 is 0 Å². The van der Waals surface area contributed by atoms with E-state index in [-0.39, 0.29) is 12.5 Å². The van der Waals surface area contributed by atoms with Gasteiger partial charge in [0, 0.05) is 42.3 Å². The Hall–Kier alpha value is -2.90. The molecule has 1 aromatic heterocycles. The van der Waals surface area contributed by atoms with E-state index in [0.29, 0.717) is 16.5 Å². The molecule has 150 valence electrons. The summed E-state index contributed by atoms with van der Waals surface area (Å²) in [5, 5.41) is 7.73. The number of carbonyl (C=O) groups is 1. The Kier molecular flexibility index (Phi) is 5.78. The maximum atomic E-state index is 12.2. The minimum absolute atomic E-state index is 0.0862. The van der Waals surface area contributed by atoms with Gasteiger partial charge in [-0.2, -0.15) is 0 Å². The molecule has 29 heavy (non-hydrogen) atoms. The quantitative estimate of drug-likeness (QED) is 0.671. The highest BCUT2D eigenvalue weighted by molar-refractivity contribution is 6.30. The number of nitrogens with one attached hydrogen (secondary N) is 2. The molecule has 0 bridgehead atoms. The number of anilines is 2. The molecule has 0 saturated carbocycles. The van der Waals surface area contributed by atoms with Crippen molar-refractivity contribution in [3.8, 4) is 5.75 Å². The Balaban J connectivity index is 1.44. The second kappa shape index (κ2) is 8.63. The molecule has 8 heteroatoms. The van der Waals surface area contributed by atoms with Gasteiger partial charge in [0.25, 0.3) is 5.91 Å². The van der Waals surface area contributed by atoms with Crippen molar-refractivity contribution in [2.45, 2.75) is 6.92 Å². The number of rotatable bonds is 5. The van der Waals surface area contributed by atoms with E-state index in [1.54, 1.807) is 24.3 Å². The zero-order valence-electron chi connectivity index (χ0n) is 16.1. The Morgan fingerprint density at radius 2 is 1.93 bits per heavy atom. The molecule has 1 aliphatic rings. The molecule has 2 heterocycles. The van der Waals surface area contributed by atoms with Crippen molar-refractivity contribution in [2.75, 3.05) is 43.0 Å². The van der Waals surface area contributed by atoms with Crippen molar-refractivity contribution in [3.05, 3.63) is 53.2 Å². The molecule has 1 saturated heterocycles. The van der Waals surface area contributed by atoms with Gasteiger partial charge in [-0.3, -0.25) is 4.79 Å². The van der Waals surface area contributed by atoms with Gasteiger partial charge in [0.15, 0.2) is 6.61 Å². The van der Waals surface area contributed by atoms with Crippen molar-refractivity contribution in [1.29, 1.82) is 0 Å². The fourth-order valence-electron chi connectivity index (χ4n) is 3.23. The van der Waals surface area contributed by atoms with Crippen molar-refractivity contribution in [1.82, 2.24) is 15.3 Å². The maximum Gasteiger partial charge on any atom is 0.262 e. The van der Waals surface area contributed by atoms with Crippen LogP contribution in [0.2, 0.25) is 5.02 Å². The van der Waals surface area contributed by atoms with E-state index in [4.69, 9.17) is 21.3 Å². The fourth-order valence-corrected chi connectivity index (χ4v) is 3.35. The number of nitrogens with zero attached hydrogens (tertiary/aromatic N) is 3. The Morgan fingerprint density at radius 3 is 2.69 bits per heavy atom. The van der Waals surface area contributed by atoms with Crippen LogP contribution in [0.5, 0.6) is 5.75 Å². The van der Waals surface area contributed by atoms with E-state index in [9.17, 15) is 4.79 Å². The number of ether oxygens (including phenoxy) is 1. The zero-order chi connectivity index (χ0) is 20.2. The van der Waals surface area contributed by atoms with Gasteiger partial charge in [-0.1, -0.05) is 11.6 Å². The number of hydrogen-bond acceptors (Lipinski definition) is 6. The summed E-state index contributed by atoms with van der Waals surface area (Å²) in [5.74, 6) is 1.10. The molecule has 1 aliphatic heterocycles. The van der Waals surface area contributed by atoms with Gasteiger partial charge in [0.1, 0.15) is 5.75 Å². The van der Waals surface area contributed by atoms with Crippen molar-refractivity contribution >= 4 is 40.0 Å². The molecule has 7 nitrogen and oxygen atoms in total. The van der Waals surface area contributed by atoms with Gasteiger partial charge >= 0.3 is 0 Å². The topological polar surface area (TPSA) is 79.4 Å². The van der Waals surface area contributed by atoms with Crippen LogP contribution in [-0.2, 0) is 4.79 Å². The summed E-state index contributed by atoms with van der Waals surface area (Å²) in [6.45, 7) is 5.54. The first kappa shape index (κ1) is 19.4. The first-order valence-electron chi connectivity index (χ1n) is 9.51. The molecule has 0 unspecified atom stereocenters. The molecule has 0 radical (unpaired) electrons. The highest BCUT2D eigenvalue weighted by Crippen LogP contribution is 2.23. The third kappa shape index (κ3) is 4.75. The number of aromatic nitrogens is 2. The Morgan fingerprint density at radius 1 is 1.17 bits per heavy atom. The lowest BCUT2D eigenvalue weighted by molar-refractivity contribution is -0.118. The average Bonchev–Trinajstić information content (AvgIpc) is 2.74. The Labute approximate surface area is 174 Å². The summed E-state index contributed by atoms with van der Waals surface area (Å²) in [7, 11) is 0. The number of halogens is 1. The lowest BCUT2D eigenvalue weighted by Crippen LogP contribution is -2.44. The van der Waals surface area contributed by atoms with Gasteiger partial charge in [0.2, 0.25) is 5.95 Å². The second-order valence-electron chi connectivity index (χ2n) is 6.87. The highest BCUT2D eigenvalue weighted by atomic mass is 35.5. The monoisotopic (exact) mass is 411 g/mol. The maximum absolute atomic E-state index is 12.2. The van der Waals surface area contributed by atoms with Gasteiger partial charge in [-0.05, 0) is 49.4 Å². The molecule has 3 aromatic rings. The third-order valence-electron chi connectivity index (χ3n) is 4.74. The Bertz CT molecular complexity index is 1020. The summed E-state index contributed by atoms with van der Waals surface area (Å²) < 4.78 is 5.48. The fraction of sp³-hybridized carbons (Fsp3) is 0.286. The lowest BCUT2D eigenvalue weighted by Gasteiger charge is -2.27. The molecule has 0 spiro atoms. The third-order valence-corrected chi connectivity index (χ3v) is 4.99. The number of benzene rings is 2. The lowest BCUT2D eigenvalue weighted by atomic mass is 10.1. The first-order chi connectivity index (χ1) is 14.1. The molecule has 0 aliphatic carbocycles. The van der Waals surface area contributed by atoms with Gasteiger partial charge in [-0.15, -0.1) is 0 Å². The predicted molar refractivity (Wildman–Crippen MR) is 115 cm³/mol. The molecule has 1 fully saturated rings. The van der Waals surface area contributed by atoms with Crippen LogP contribution in [0, 0.1) is 6.92 Å². The van der Waals surface area contributed by atoms with Crippen LogP contribution in [0.25, 0.3) is 10.9 Å². The number of fused-ring (bicyclic) bond motifs is 1. The molecule has 0 atom stereocenters. The molecule has 1 amide bonds. The van der Waals surface area contributed by atoms with E-state index in [0.717, 1.165) is 48.7 Å². The number of aryl methyl sites for hydroxylation is 1. The van der Waals surface area contributed by atoms with Crippen molar-refractivity contribution < 1.29 is 9.53 Å². The van der Waals surface area contributed by atoms with Crippen LogP contribution in [0.4, 0.5) is 11.6 Å². The minimum Gasteiger partial charge on any atom is -0.484 e. The van der Waals surface area contributed by atoms with Crippen LogP contribution in [-0.4, -0.2) is 48.7 Å². The van der Waals surface area contributed by atoms with E-state index < -0.39 is 0 Å². The summed E-state index contributed by atoms with van der Waals surface area (Å²) in [5.41, 5.74) is 2.43. The van der Waals surface area contributed by atoms with Crippen LogP contribution in [0.1, 0.15) is 5.69 Å². The van der Waals surface area contributed by atoms with Crippen LogP contribution in [0.15, 0.2) is 42.5 Å². The standard InChI is InChI=1S/C21H22ClN5O2/c1-14-18-12-16(25-20(28)13-29-17-5-2-15(22)3-6-17)4-7-19(18)26-21(24-14)27-10-8-23-9-11-27/h2-7,12,23H,8-11,13H2,1H3,(H,25,28). The largest absolute Gasteiger partial charge is 0.484 e. The predicted octanol–water partition coefficient (Wildman–Crippen LogP) is 3.02. The summed E-state index contributed by atoms with van der Waals surface area (Å²) in [6.07, 6.45) is 0. The van der Waals surface area contributed by atoms with E-state index in [1.165, 1.54) is 0 Å².